The van der Waals surface area contributed by atoms with E-state index in [9.17, 15) is 9.18 Å². The van der Waals surface area contributed by atoms with Crippen molar-refractivity contribution in [3.63, 3.8) is 0 Å². The molecule has 0 N–H and O–H groups in total. The smallest absolute Gasteiger partial charge is 0.196 e. The molecule has 0 atom stereocenters. The minimum atomic E-state index is -0.482. The van der Waals surface area contributed by atoms with Gasteiger partial charge in [0, 0.05) is 10.9 Å². The summed E-state index contributed by atoms with van der Waals surface area (Å²) in [6.07, 6.45) is 0. The molecule has 4 heteroatoms. The molecule has 0 saturated carbocycles. The lowest BCUT2D eigenvalue weighted by Crippen LogP contribution is -2.02. The van der Waals surface area contributed by atoms with Gasteiger partial charge in [-0.15, -0.1) is 11.3 Å². The molecule has 1 nitrogen and oxygen atoms in total. The highest BCUT2D eigenvalue weighted by Crippen LogP contribution is 2.23. The van der Waals surface area contributed by atoms with Crippen LogP contribution in [0.4, 0.5) is 4.39 Å². The van der Waals surface area contributed by atoms with Crippen LogP contribution in [0.25, 0.3) is 0 Å². The number of carbonyl (C=O) groups excluding carboxylic acids is 1. The van der Waals surface area contributed by atoms with Gasteiger partial charge in [-0.2, -0.15) is 0 Å². The summed E-state index contributed by atoms with van der Waals surface area (Å²) in [5, 5.41) is 1.71. The predicted molar refractivity (Wildman–Crippen MR) is 61.9 cm³/mol. The third kappa shape index (κ3) is 2.16. The van der Waals surface area contributed by atoms with Gasteiger partial charge in [-0.25, -0.2) is 4.39 Å². The minimum absolute atomic E-state index is 0.114. The normalized spacial score (nSPS) is 10.3. The Morgan fingerprint density at radius 2 is 2.07 bits per heavy atom. The molecule has 2 rings (SSSR count). The van der Waals surface area contributed by atoms with E-state index in [0.717, 1.165) is 3.79 Å². The second-order valence-electron chi connectivity index (χ2n) is 2.95. The molecule has 0 radical (unpaired) electrons. The van der Waals surface area contributed by atoms with Gasteiger partial charge < -0.3 is 0 Å². The fraction of sp³-hybridized carbons (Fsp3) is 0. The van der Waals surface area contributed by atoms with E-state index in [4.69, 9.17) is 0 Å². The Hall–Kier alpha value is -1.00. The molecule has 0 amide bonds. The fourth-order valence-electron chi connectivity index (χ4n) is 1.23. The third-order valence-electron chi connectivity index (χ3n) is 1.95. The summed E-state index contributed by atoms with van der Waals surface area (Å²) in [6, 6.07) is 7.69. The van der Waals surface area contributed by atoms with Crippen LogP contribution >= 0.6 is 27.3 Å². The molecule has 0 unspecified atom stereocenters. The Labute approximate surface area is 98.7 Å². The number of rotatable bonds is 2. The Kier molecular flexibility index (Phi) is 2.98. The molecule has 0 saturated heterocycles. The van der Waals surface area contributed by atoms with Gasteiger partial charge in [0.05, 0.1) is 9.35 Å². The van der Waals surface area contributed by atoms with Crippen molar-refractivity contribution in [2.75, 3.05) is 0 Å². The van der Waals surface area contributed by atoms with E-state index in [1.165, 1.54) is 23.5 Å². The molecule has 1 heterocycles. The topological polar surface area (TPSA) is 17.1 Å². The molecule has 0 aliphatic carbocycles. The first-order chi connectivity index (χ1) is 7.18. The molecule has 2 aromatic rings. The van der Waals surface area contributed by atoms with E-state index in [2.05, 4.69) is 15.9 Å². The Balaban J connectivity index is 2.41. The number of ketones is 1. The van der Waals surface area contributed by atoms with Crippen LogP contribution in [0, 0.1) is 5.82 Å². The second kappa shape index (κ2) is 4.24. The van der Waals surface area contributed by atoms with Crippen LogP contribution in [-0.4, -0.2) is 5.78 Å². The van der Waals surface area contributed by atoms with Crippen LogP contribution in [0.2, 0.25) is 0 Å². The summed E-state index contributed by atoms with van der Waals surface area (Å²) < 4.78 is 14.2. The first-order valence-corrected chi connectivity index (χ1v) is 5.89. The SMILES string of the molecule is O=C(c1csc(Br)c1)c1ccccc1F. The van der Waals surface area contributed by atoms with Gasteiger partial charge in [-0.1, -0.05) is 12.1 Å². The molecule has 1 aromatic carbocycles. The van der Waals surface area contributed by atoms with E-state index in [-0.39, 0.29) is 11.3 Å². The Morgan fingerprint density at radius 1 is 1.33 bits per heavy atom. The van der Waals surface area contributed by atoms with Gasteiger partial charge in [0.2, 0.25) is 0 Å². The highest BCUT2D eigenvalue weighted by atomic mass is 79.9. The van der Waals surface area contributed by atoms with Crippen molar-refractivity contribution in [3.05, 3.63) is 56.4 Å². The number of thiophene rings is 1. The van der Waals surface area contributed by atoms with Crippen molar-refractivity contribution in [1.82, 2.24) is 0 Å². The van der Waals surface area contributed by atoms with Crippen molar-refractivity contribution in [2.24, 2.45) is 0 Å². The quantitative estimate of drug-likeness (QED) is 0.765. The largest absolute Gasteiger partial charge is 0.288 e. The highest BCUT2D eigenvalue weighted by molar-refractivity contribution is 9.11. The molecule has 0 aliphatic heterocycles. The molecule has 15 heavy (non-hydrogen) atoms. The summed E-state index contributed by atoms with van der Waals surface area (Å²) in [7, 11) is 0. The van der Waals surface area contributed by atoms with Crippen LogP contribution in [0.1, 0.15) is 15.9 Å². The van der Waals surface area contributed by atoms with E-state index in [1.54, 1.807) is 23.6 Å². The lowest BCUT2D eigenvalue weighted by atomic mass is 10.1. The number of halogens is 2. The van der Waals surface area contributed by atoms with Crippen LogP contribution < -0.4 is 0 Å². The summed E-state index contributed by atoms with van der Waals surface area (Å²) in [5.74, 6) is -0.764. The lowest BCUT2D eigenvalue weighted by Gasteiger charge is -1.99. The zero-order chi connectivity index (χ0) is 10.8. The van der Waals surface area contributed by atoms with Gasteiger partial charge in [-0.3, -0.25) is 4.79 Å². The number of hydrogen-bond acceptors (Lipinski definition) is 2. The van der Waals surface area contributed by atoms with Crippen molar-refractivity contribution >= 4 is 33.0 Å². The number of hydrogen-bond donors (Lipinski definition) is 0. The highest BCUT2D eigenvalue weighted by Gasteiger charge is 2.14. The number of carbonyl (C=O) groups is 1. The van der Waals surface area contributed by atoms with E-state index >= 15 is 0 Å². The summed E-state index contributed by atoms with van der Waals surface area (Å²) in [4.78, 5) is 11.8. The predicted octanol–water partition coefficient (Wildman–Crippen LogP) is 3.88. The van der Waals surface area contributed by atoms with Gasteiger partial charge >= 0.3 is 0 Å². The fourth-order valence-corrected chi connectivity index (χ4v) is 2.37. The van der Waals surface area contributed by atoms with Gasteiger partial charge in [0.1, 0.15) is 5.82 Å². The zero-order valence-corrected chi connectivity index (χ0v) is 9.94. The second-order valence-corrected chi connectivity index (χ2v) is 5.24. The van der Waals surface area contributed by atoms with E-state index < -0.39 is 5.82 Å². The Bertz CT molecular complexity index is 507. The zero-order valence-electron chi connectivity index (χ0n) is 7.54. The minimum Gasteiger partial charge on any atom is -0.288 e. The van der Waals surface area contributed by atoms with Crippen molar-refractivity contribution in [3.8, 4) is 0 Å². The van der Waals surface area contributed by atoms with Gasteiger partial charge in [0.15, 0.2) is 5.78 Å². The lowest BCUT2D eigenvalue weighted by molar-refractivity contribution is 0.103. The molecule has 0 fully saturated rings. The standard InChI is InChI=1S/C11H6BrFOS/c12-10-5-7(6-15-10)11(14)8-3-1-2-4-9(8)13/h1-6H. The molecule has 1 aromatic heterocycles. The van der Waals surface area contributed by atoms with Crippen molar-refractivity contribution in [2.45, 2.75) is 0 Å². The monoisotopic (exact) mass is 284 g/mol. The summed E-state index contributed by atoms with van der Waals surface area (Å²) in [6.45, 7) is 0. The Morgan fingerprint density at radius 3 is 2.67 bits per heavy atom. The molecule has 76 valence electrons. The van der Waals surface area contributed by atoms with Crippen LogP contribution in [0.3, 0.4) is 0 Å². The van der Waals surface area contributed by atoms with Crippen molar-refractivity contribution in [1.29, 1.82) is 0 Å². The maximum Gasteiger partial charge on any atom is 0.196 e. The molecule has 0 spiro atoms. The first kappa shape index (κ1) is 10.5. The van der Waals surface area contributed by atoms with Gasteiger partial charge in [0.25, 0.3) is 0 Å². The van der Waals surface area contributed by atoms with E-state index in [1.807, 2.05) is 0 Å². The molecular weight excluding hydrogens is 279 g/mol. The van der Waals surface area contributed by atoms with Crippen LogP contribution in [0.15, 0.2) is 39.5 Å². The average Bonchev–Trinajstić information content (AvgIpc) is 2.65. The average molecular weight is 285 g/mol. The molecular formula is C11H6BrFOS. The summed E-state index contributed by atoms with van der Waals surface area (Å²) in [5.41, 5.74) is 0.625. The van der Waals surface area contributed by atoms with Crippen LogP contribution in [0.5, 0.6) is 0 Å². The third-order valence-corrected chi connectivity index (χ3v) is 3.45. The van der Waals surface area contributed by atoms with Crippen molar-refractivity contribution < 1.29 is 9.18 Å². The maximum atomic E-state index is 13.3. The maximum absolute atomic E-state index is 13.3. The summed E-state index contributed by atoms with van der Waals surface area (Å²) >= 11 is 4.67. The van der Waals surface area contributed by atoms with Crippen LogP contribution in [-0.2, 0) is 0 Å². The van der Waals surface area contributed by atoms with E-state index in [0.29, 0.717) is 5.56 Å². The number of benzene rings is 1. The molecule has 0 bridgehead atoms. The molecule has 0 aliphatic rings. The first-order valence-electron chi connectivity index (χ1n) is 4.22. The van der Waals surface area contributed by atoms with Gasteiger partial charge in [-0.05, 0) is 34.1 Å².